The van der Waals surface area contributed by atoms with Gasteiger partial charge in [-0.2, -0.15) is 0 Å². The Morgan fingerprint density at radius 3 is 1.92 bits per heavy atom. The highest BCUT2D eigenvalue weighted by Crippen LogP contribution is 2.45. The van der Waals surface area contributed by atoms with Crippen LogP contribution in [0.15, 0.2) is 52.7 Å². The van der Waals surface area contributed by atoms with Gasteiger partial charge in [-0.3, -0.25) is 14.9 Å². The van der Waals surface area contributed by atoms with E-state index in [0.717, 1.165) is 5.39 Å². The first-order chi connectivity index (χ1) is 17.8. The monoisotopic (exact) mass is 509 g/mol. The molecule has 0 atom stereocenters. The lowest BCUT2D eigenvalue weighted by atomic mass is 9.80. The molecule has 0 spiro atoms. The molecule has 3 rings (SSSR count). The number of ether oxygens (including phenoxy) is 4. The maximum atomic E-state index is 13.4. The van der Waals surface area contributed by atoms with Crippen LogP contribution in [0.5, 0.6) is 23.0 Å². The van der Waals surface area contributed by atoms with E-state index in [4.69, 9.17) is 18.9 Å². The third-order valence-corrected chi connectivity index (χ3v) is 6.76. The standard InChI is InChI=1S/C27H31N3O7/c1-7-27(8-2,9-3)26(31)37-25-18-13-11-10-12-17(18)22(34-4)15-20(25)29-28-19-14-24(36-6)21(30(32)33)16-23(19)35-5/h10-16H,7-9H2,1-6H3. The number of methoxy groups -OCH3 is 3. The van der Waals surface area contributed by atoms with Crippen molar-refractivity contribution in [3.63, 3.8) is 0 Å². The fourth-order valence-corrected chi connectivity index (χ4v) is 4.23. The van der Waals surface area contributed by atoms with Crippen LogP contribution in [0.4, 0.5) is 17.1 Å². The number of nitro groups is 1. The molecule has 37 heavy (non-hydrogen) atoms. The molecule has 0 aliphatic rings. The van der Waals surface area contributed by atoms with Crippen LogP contribution in [0.1, 0.15) is 40.0 Å². The van der Waals surface area contributed by atoms with Gasteiger partial charge in [0.05, 0.1) is 37.7 Å². The van der Waals surface area contributed by atoms with Crippen LogP contribution < -0.4 is 18.9 Å². The Labute approximate surface area is 215 Å². The van der Waals surface area contributed by atoms with Gasteiger partial charge in [0, 0.05) is 22.9 Å². The van der Waals surface area contributed by atoms with Crippen LogP contribution in [0.25, 0.3) is 10.8 Å². The summed E-state index contributed by atoms with van der Waals surface area (Å²) in [6, 6.07) is 11.6. The highest BCUT2D eigenvalue weighted by Gasteiger charge is 2.36. The van der Waals surface area contributed by atoms with Crippen LogP contribution >= 0.6 is 0 Å². The SMILES string of the molecule is CCC(CC)(CC)C(=O)Oc1c(N=Nc2cc(OC)c([N+](=O)[O-])cc2OC)cc(OC)c2ccccc12. The average molecular weight is 510 g/mol. The van der Waals surface area contributed by atoms with E-state index in [1.54, 1.807) is 6.07 Å². The summed E-state index contributed by atoms with van der Waals surface area (Å²) in [7, 11) is 4.23. The quantitative estimate of drug-likeness (QED) is 0.0873. The molecule has 0 heterocycles. The van der Waals surface area contributed by atoms with Gasteiger partial charge in [0.1, 0.15) is 17.1 Å². The zero-order valence-electron chi connectivity index (χ0n) is 21.9. The molecule has 3 aromatic carbocycles. The summed E-state index contributed by atoms with van der Waals surface area (Å²) in [6.07, 6.45) is 1.89. The van der Waals surface area contributed by atoms with E-state index in [-0.39, 0.29) is 40.3 Å². The molecule has 0 amide bonds. The minimum Gasteiger partial charge on any atom is -0.496 e. The number of azo groups is 1. The molecule has 0 bridgehead atoms. The predicted octanol–water partition coefficient (Wildman–Crippen LogP) is 7.31. The van der Waals surface area contributed by atoms with Gasteiger partial charge >= 0.3 is 11.7 Å². The Bertz CT molecular complexity index is 1330. The summed E-state index contributed by atoms with van der Waals surface area (Å²) in [5.41, 5.74) is -0.458. The van der Waals surface area contributed by atoms with Crippen molar-refractivity contribution < 1.29 is 28.7 Å². The third-order valence-electron chi connectivity index (χ3n) is 6.76. The second-order valence-corrected chi connectivity index (χ2v) is 8.36. The van der Waals surface area contributed by atoms with Crippen molar-refractivity contribution in [2.45, 2.75) is 40.0 Å². The number of esters is 1. The molecule has 0 radical (unpaired) electrons. The lowest BCUT2D eigenvalue weighted by Crippen LogP contribution is -2.33. The number of benzene rings is 3. The highest BCUT2D eigenvalue weighted by molar-refractivity contribution is 5.99. The fourth-order valence-electron chi connectivity index (χ4n) is 4.23. The molecule has 0 unspecified atom stereocenters. The molecule has 0 saturated heterocycles. The lowest BCUT2D eigenvalue weighted by molar-refractivity contribution is -0.385. The summed E-state index contributed by atoms with van der Waals surface area (Å²) in [5.74, 6) is 0.551. The molecule has 0 aliphatic carbocycles. The Kier molecular flexibility index (Phi) is 8.65. The van der Waals surface area contributed by atoms with Gasteiger partial charge in [-0.05, 0) is 19.3 Å². The van der Waals surface area contributed by atoms with Gasteiger partial charge in [-0.15, -0.1) is 10.2 Å². The summed E-state index contributed by atoms with van der Waals surface area (Å²) >= 11 is 0. The Hall–Kier alpha value is -4.21. The molecule has 3 aromatic rings. The van der Waals surface area contributed by atoms with Crippen molar-refractivity contribution >= 4 is 33.8 Å². The zero-order valence-corrected chi connectivity index (χ0v) is 21.9. The minimum atomic E-state index is -0.635. The molecule has 0 aromatic heterocycles. The third kappa shape index (κ3) is 5.32. The van der Waals surface area contributed by atoms with Gasteiger partial charge < -0.3 is 18.9 Å². The zero-order chi connectivity index (χ0) is 27.2. The van der Waals surface area contributed by atoms with Crippen LogP contribution in [0, 0.1) is 15.5 Å². The number of carbonyl (C=O) groups is 1. The van der Waals surface area contributed by atoms with Crippen LogP contribution in [0.2, 0.25) is 0 Å². The summed E-state index contributed by atoms with van der Waals surface area (Å²) in [5, 5.41) is 21.4. The topological polar surface area (TPSA) is 122 Å². The van der Waals surface area contributed by atoms with E-state index in [1.165, 1.54) is 33.5 Å². The minimum absolute atomic E-state index is 0.00103. The van der Waals surface area contributed by atoms with Gasteiger partial charge in [0.25, 0.3) is 0 Å². The average Bonchev–Trinajstić information content (AvgIpc) is 2.93. The van der Waals surface area contributed by atoms with Crippen molar-refractivity contribution in [2.75, 3.05) is 21.3 Å². The van der Waals surface area contributed by atoms with Gasteiger partial charge in [0.2, 0.25) is 0 Å². The number of carbonyl (C=O) groups excluding carboxylic acids is 1. The maximum absolute atomic E-state index is 13.4. The molecule has 10 nitrogen and oxygen atoms in total. The highest BCUT2D eigenvalue weighted by atomic mass is 16.6. The molecule has 10 heteroatoms. The van der Waals surface area contributed by atoms with Crippen molar-refractivity contribution in [3.8, 4) is 23.0 Å². The van der Waals surface area contributed by atoms with E-state index in [0.29, 0.717) is 30.4 Å². The molecule has 0 saturated carbocycles. The normalized spacial score (nSPS) is 11.5. The lowest BCUT2D eigenvalue weighted by Gasteiger charge is -2.28. The first-order valence-corrected chi connectivity index (χ1v) is 11.9. The van der Waals surface area contributed by atoms with E-state index < -0.39 is 10.3 Å². The number of nitro benzene ring substituents is 1. The van der Waals surface area contributed by atoms with Gasteiger partial charge in [0.15, 0.2) is 17.2 Å². The van der Waals surface area contributed by atoms with Crippen LogP contribution in [0.3, 0.4) is 0 Å². The Morgan fingerprint density at radius 2 is 1.38 bits per heavy atom. The Balaban J connectivity index is 2.21. The van der Waals surface area contributed by atoms with Gasteiger partial charge in [-0.25, -0.2) is 0 Å². The summed E-state index contributed by atoms with van der Waals surface area (Å²) in [6.45, 7) is 5.90. The van der Waals surface area contributed by atoms with E-state index in [2.05, 4.69) is 10.2 Å². The Morgan fingerprint density at radius 1 is 0.838 bits per heavy atom. The number of fused-ring (bicyclic) bond motifs is 1. The number of rotatable bonds is 11. The number of hydrogen-bond acceptors (Lipinski definition) is 9. The van der Waals surface area contributed by atoms with Crippen molar-refractivity contribution in [3.05, 3.63) is 52.6 Å². The van der Waals surface area contributed by atoms with Crippen molar-refractivity contribution in [1.82, 2.24) is 0 Å². The number of nitrogens with zero attached hydrogens (tertiary/aromatic N) is 3. The fraction of sp³-hybridized carbons (Fsp3) is 0.370. The largest absolute Gasteiger partial charge is 0.496 e. The van der Waals surface area contributed by atoms with Crippen LogP contribution in [-0.4, -0.2) is 32.2 Å². The molecular formula is C27H31N3O7. The summed E-state index contributed by atoms with van der Waals surface area (Å²) in [4.78, 5) is 24.2. The molecular weight excluding hydrogens is 478 g/mol. The second kappa shape index (κ2) is 11.7. The predicted molar refractivity (Wildman–Crippen MR) is 140 cm³/mol. The van der Waals surface area contributed by atoms with Crippen molar-refractivity contribution in [1.29, 1.82) is 0 Å². The smallest absolute Gasteiger partial charge is 0.317 e. The van der Waals surface area contributed by atoms with Crippen molar-refractivity contribution in [2.24, 2.45) is 15.6 Å². The van der Waals surface area contributed by atoms with E-state index >= 15 is 0 Å². The molecule has 196 valence electrons. The maximum Gasteiger partial charge on any atom is 0.317 e. The van der Waals surface area contributed by atoms with Gasteiger partial charge in [-0.1, -0.05) is 45.0 Å². The number of hydrogen-bond donors (Lipinski definition) is 0. The van der Waals surface area contributed by atoms with E-state index in [1.807, 2.05) is 45.0 Å². The van der Waals surface area contributed by atoms with Crippen LogP contribution in [-0.2, 0) is 4.79 Å². The molecule has 0 fully saturated rings. The first-order valence-electron chi connectivity index (χ1n) is 11.9. The summed E-state index contributed by atoms with van der Waals surface area (Å²) < 4.78 is 22.1. The van der Waals surface area contributed by atoms with E-state index in [9.17, 15) is 14.9 Å². The second-order valence-electron chi connectivity index (χ2n) is 8.36. The molecule has 0 aliphatic heterocycles. The molecule has 0 N–H and O–H groups in total. The first kappa shape index (κ1) is 27.4.